The molecule has 3 N–H and O–H groups in total. The Morgan fingerprint density at radius 1 is 1.00 bits per heavy atom. The summed E-state index contributed by atoms with van der Waals surface area (Å²) in [6.45, 7) is 0. The number of benzene rings is 2. The average molecular weight is 264 g/mol. The van der Waals surface area contributed by atoms with Crippen LogP contribution in [0.3, 0.4) is 0 Å². The summed E-state index contributed by atoms with van der Waals surface area (Å²) >= 11 is 0. The lowest BCUT2D eigenvalue weighted by Gasteiger charge is -2.08. The molecule has 0 heterocycles. The van der Waals surface area contributed by atoms with Gasteiger partial charge in [-0.05, 0) is 30.3 Å². The van der Waals surface area contributed by atoms with Crippen molar-refractivity contribution in [1.82, 2.24) is 0 Å². The minimum Gasteiger partial charge on any atom is -0.505 e. The number of phenols is 1. The third kappa shape index (κ3) is 3.41. The van der Waals surface area contributed by atoms with Crippen molar-refractivity contribution >= 4 is 17.4 Å². The van der Waals surface area contributed by atoms with Gasteiger partial charge in [-0.1, -0.05) is 6.07 Å². The molecule has 0 aliphatic carbocycles. The van der Waals surface area contributed by atoms with Crippen LogP contribution in [0.4, 0.5) is 25.0 Å². The molecule has 19 heavy (non-hydrogen) atoms. The predicted molar refractivity (Wildman–Crippen MR) is 67.1 cm³/mol. The highest BCUT2D eigenvalue weighted by Crippen LogP contribution is 2.19. The normalized spacial score (nSPS) is 10.0. The molecule has 0 aromatic heterocycles. The van der Waals surface area contributed by atoms with Gasteiger partial charge in [-0.25, -0.2) is 13.6 Å². The van der Waals surface area contributed by atoms with E-state index in [0.29, 0.717) is 0 Å². The number of anilines is 2. The average Bonchev–Trinajstić information content (AvgIpc) is 2.34. The Morgan fingerprint density at radius 3 is 2.32 bits per heavy atom. The van der Waals surface area contributed by atoms with Gasteiger partial charge in [0.15, 0.2) is 11.6 Å². The van der Waals surface area contributed by atoms with Crippen LogP contribution in [0.5, 0.6) is 5.75 Å². The quantitative estimate of drug-likeness (QED) is 0.729. The molecule has 0 saturated heterocycles. The summed E-state index contributed by atoms with van der Waals surface area (Å²) in [5.74, 6) is -1.83. The Labute approximate surface area is 107 Å². The van der Waals surface area contributed by atoms with Gasteiger partial charge >= 0.3 is 6.03 Å². The number of nitrogens with one attached hydrogen (secondary N) is 2. The molecule has 0 saturated carbocycles. The number of carbonyl (C=O) groups excluding carboxylic acids is 1. The van der Waals surface area contributed by atoms with Crippen LogP contribution >= 0.6 is 0 Å². The Morgan fingerprint density at radius 2 is 1.68 bits per heavy atom. The van der Waals surface area contributed by atoms with Gasteiger partial charge in [0.05, 0.1) is 0 Å². The van der Waals surface area contributed by atoms with Crippen LogP contribution in [0.25, 0.3) is 0 Å². The topological polar surface area (TPSA) is 61.4 Å². The zero-order valence-electron chi connectivity index (χ0n) is 9.65. The minimum atomic E-state index is -0.844. The lowest BCUT2D eigenvalue weighted by atomic mass is 10.3. The maximum absolute atomic E-state index is 13.0. The van der Waals surface area contributed by atoms with Crippen molar-refractivity contribution in [3.05, 3.63) is 54.1 Å². The fourth-order valence-electron chi connectivity index (χ4n) is 1.44. The number of aromatic hydroxyl groups is 1. The van der Waals surface area contributed by atoms with E-state index in [1.807, 2.05) is 0 Å². The summed E-state index contributed by atoms with van der Waals surface area (Å²) in [5.41, 5.74) is 0.445. The molecule has 0 fully saturated rings. The number of hydrogen-bond donors (Lipinski definition) is 3. The zero-order valence-corrected chi connectivity index (χ0v) is 9.65. The van der Waals surface area contributed by atoms with E-state index in [1.165, 1.54) is 24.3 Å². The molecule has 98 valence electrons. The molecule has 0 bridgehead atoms. The molecule has 0 aliphatic heterocycles. The summed E-state index contributed by atoms with van der Waals surface area (Å²) < 4.78 is 25.9. The summed E-state index contributed by atoms with van der Waals surface area (Å²) in [7, 11) is 0. The van der Waals surface area contributed by atoms with Crippen LogP contribution in [0, 0.1) is 11.6 Å². The van der Waals surface area contributed by atoms with Crippen molar-refractivity contribution in [3.63, 3.8) is 0 Å². The molecule has 0 spiro atoms. The molecule has 2 rings (SSSR count). The van der Waals surface area contributed by atoms with Gasteiger partial charge in [0, 0.05) is 17.4 Å². The summed E-state index contributed by atoms with van der Waals surface area (Å²) in [6.07, 6.45) is 0. The third-order valence-corrected chi connectivity index (χ3v) is 2.29. The van der Waals surface area contributed by atoms with Crippen molar-refractivity contribution in [2.75, 3.05) is 10.6 Å². The monoisotopic (exact) mass is 264 g/mol. The van der Waals surface area contributed by atoms with Gasteiger partial charge in [-0.2, -0.15) is 0 Å². The number of urea groups is 1. The largest absolute Gasteiger partial charge is 0.505 e. The van der Waals surface area contributed by atoms with E-state index in [0.717, 1.165) is 18.2 Å². The van der Waals surface area contributed by atoms with Crippen LogP contribution in [-0.2, 0) is 0 Å². The fraction of sp³-hybridized carbons (Fsp3) is 0. The van der Waals surface area contributed by atoms with E-state index >= 15 is 0 Å². The maximum atomic E-state index is 13.0. The lowest BCUT2D eigenvalue weighted by Crippen LogP contribution is -2.19. The smallest absolute Gasteiger partial charge is 0.323 e. The number of rotatable bonds is 2. The van der Waals surface area contributed by atoms with Crippen LogP contribution in [0.2, 0.25) is 0 Å². The first-order valence-corrected chi connectivity index (χ1v) is 5.37. The minimum absolute atomic E-state index is 0.171. The van der Waals surface area contributed by atoms with E-state index < -0.39 is 23.4 Å². The first kappa shape index (κ1) is 12.8. The molecule has 4 nitrogen and oxygen atoms in total. The molecule has 0 radical (unpaired) electrons. The standard InChI is InChI=1S/C13H10F2N2O2/c14-8-2-1-3-9(6-8)16-13(19)17-10-4-5-12(18)11(15)7-10/h1-7,18H,(H2,16,17,19). The number of carbonyl (C=O) groups is 1. The van der Waals surface area contributed by atoms with E-state index in [1.54, 1.807) is 0 Å². The Balaban J connectivity index is 2.03. The summed E-state index contributed by atoms with van der Waals surface area (Å²) in [6, 6.07) is 8.15. The van der Waals surface area contributed by atoms with Crippen LogP contribution in [0.15, 0.2) is 42.5 Å². The predicted octanol–water partition coefficient (Wildman–Crippen LogP) is 3.31. The van der Waals surface area contributed by atoms with Gasteiger partial charge in [0.25, 0.3) is 0 Å². The van der Waals surface area contributed by atoms with Crippen molar-refractivity contribution in [2.45, 2.75) is 0 Å². The Hall–Kier alpha value is -2.63. The number of phenolic OH excluding ortho intramolecular Hbond substituents is 1. The third-order valence-electron chi connectivity index (χ3n) is 2.29. The fourth-order valence-corrected chi connectivity index (χ4v) is 1.44. The molecule has 6 heteroatoms. The van der Waals surface area contributed by atoms with E-state index in [9.17, 15) is 13.6 Å². The highest BCUT2D eigenvalue weighted by molar-refractivity contribution is 5.99. The number of hydrogen-bond acceptors (Lipinski definition) is 2. The van der Waals surface area contributed by atoms with Crippen molar-refractivity contribution < 1.29 is 18.7 Å². The van der Waals surface area contributed by atoms with Gasteiger partial charge in [-0.3, -0.25) is 0 Å². The molecule has 0 unspecified atom stereocenters. The van der Waals surface area contributed by atoms with Crippen LogP contribution in [-0.4, -0.2) is 11.1 Å². The van der Waals surface area contributed by atoms with Gasteiger partial charge < -0.3 is 15.7 Å². The molecule has 2 aromatic carbocycles. The SMILES string of the molecule is O=C(Nc1cccc(F)c1)Nc1ccc(O)c(F)c1. The highest BCUT2D eigenvalue weighted by atomic mass is 19.1. The summed E-state index contributed by atoms with van der Waals surface area (Å²) in [5, 5.41) is 13.7. The first-order chi connectivity index (χ1) is 9.04. The molecule has 2 amide bonds. The zero-order chi connectivity index (χ0) is 13.8. The molecule has 0 aliphatic rings. The van der Waals surface area contributed by atoms with E-state index in [-0.39, 0.29) is 11.4 Å². The Kier molecular flexibility index (Phi) is 3.61. The number of halogens is 2. The second-order valence-corrected chi connectivity index (χ2v) is 3.76. The van der Waals surface area contributed by atoms with Gasteiger partial charge in [0.1, 0.15) is 5.82 Å². The van der Waals surface area contributed by atoms with Crippen LogP contribution in [0.1, 0.15) is 0 Å². The molecule has 0 atom stereocenters. The van der Waals surface area contributed by atoms with Crippen molar-refractivity contribution in [1.29, 1.82) is 0 Å². The van der Waals surface area contributed by atoms with Gasteiger partial charge in [0.2, 0.25) is 0 Å². The van der Waals surface area contributed by atoms with Gasteiger partial charge in [-0.15, -0.1) is 0 Å². The molecular weight excluding hydrogens is 254 g/mol. The van der Waals surface area contributed by atoms with E-state index in [4.69, 9.17) is 5.11 Å². The summed E-state index contributed by atoms with van der Waals surface area (Å²) in [4.78, 5) is 11.6. The highest BCUT2D eigenvalue weighted by Gasteiger charge is 2.06. The van der Waals surface area contributed by atoms with Crippen molar-refractivity contribution in [2.24, 2.45) is 0 Å². The molecular formula is C13H10F2N2O2. The Bertz CT molecular complexity index is 617. The maximum Gasteiger partial charge on any atom is 0.323 e. The molecule has 2 aromatic rings. The second kappa shape index (κ2) is 5.34. The van der Waals surface area contributed by atoms with Crippen LogP contribution < -0.4 is 10.6 Å². The van der Waals surface area contributed by atoms with E-state index in [2.05, 4.69) is 10.6 Å². The second-order valence-electron chi connectivity index (χ2n) is 3.76. The number of amides is 2. The van der Waals surface area contributed by atoms with Crippen molar-refractivity contribution in [3.8, 4) is 5.75 Å². The first-order valence-electron chi connectivity index (χ1n) is 5.37. The lowest BCUT2D eigenvalue weighted by molar-refractivity contribution is 0.262.